The second-order valence-corrected chi connectivity index (χ2v) is 7.30. The summed E-state index contributed by atoms with van der Waals surface area (Å²) in [7, 11) is 0. The lowest BCUT2D eigenvalue weighted by Gasteiger charge is -2.14. The number of hydrogen-bond acceptors (Lipinski definition) is 5. The monoisotopic (exact) mass is 392 g/mol. The SMILES string of the molecule is O=C(ON1C(=O)c2ccccc2C1=O)c1cc(C2CC2)nc2ccc(Cl)cc12. The van der Waals surface area contributed by atoms with Gasteiger partial charge in [0.2, 0.25) is 0 Å². The molecule has 0 bridgehead atoms. The number of rotatable bonds is 3. The van der Waals surface area contributed by atoms with Crippen LogP contribution in [-0.4, -0.2) is 27.8 Å². The third-order valence-electron chi connectivity index (χ3n) is 4.94. The number of hydroxylamine groups is 2. The van der Waals surface area contributed by atoms with Crippen molar-refractivity contribution in [3.05, 3.63) is 75.9 Å². The smallest absolute Gasteiger partial charge is 0.324 e. The molecule has 6 nitrogen and oxygen atoms in total. The van der Waals surface area contributed by atoms with Crippen LogP contribution in [0.5, 0.6) is 0 Å². The van der Waals surface area contributed by atoms with E-state index in [1.54, 1.807) is 36.4 Å². The normalized spacial score (nSPS) is 15.8. The lowest BCUT2D eigenvalue weighted by atomic mass is 10.1. The number of amides is 2. The van der Waals surface area contributed by atoms with E-state index in [-0.39, 0.29) is 16.7 Å². The number of carbonyl (C=O) groups excluding carboxylic acids is 3. The molecule has 1 aliphatic carbocycles. The van der Waals surface area contributed by atoms with Crippen molar-refractivity contribution in [3.8, 4) is 0 Å². The van der Waals surface area contributed by atoms with Crippen molar-refractivity contribution in [3.63, 3.8) is 0 Å². The summed E-state index contributed by atoms with van der Waals surface area (Å²) in [5.74, 6) is -1.81. The van der Waals surface area contributed by atoms with Gasteiger partial charge in [-0.1, -0.05) is 28.8 Å². The summed E-state index contributed by atoms with van der Waals surface area (Å²) in [4.78, 5) is 47.7. The summed E-state index contributed by atoms with van der Waals surface area (Å²) >= 11 is 6.09. The first kappa shape index (κ1) is 16.9. The molecule has 1 fully saturated rings. The molecule has 7 heteroatoms. The molecule has 1 aromatic heterocycles. The molecule has 0 saturated heterocycles. The Morgan fingerprint density at radius 2 is 1.71 bits per heavy atom. The van der Waals surface area contributed by atoms with Gasteiger partial charge in [-0.3, -0.25) is 14.6 Å². The highest BCUT2D eigenvalue weighted by Crippen LogP contribution is 2.40. The van der Waals surface area contributed by atoms with Crippen molar-refractivity contribution in [2.45, 2.75) is 18.8 Å². The number of fused-ring (bicyclic) bond motifs is 2. The van der Waals surface area contributed by atoms with Gasteiger partial charge in [0.25, 0.3) is 11.8 Å². The maximum Gasteiger partial charge on any atom is 0.364 e. The Hall–Kier alpha value is -3.25. The molecule has 3 aromatic rings. The van der Waals surface area contributed by atoms with Gasteiger partial charge in [-0.05, 0) is 49.2 Å². The van der Waals surface area contributed by atoms with Crippen molar-refractivity contribution in [2.24, 2.45) is 0 Å². The number of pyridine rings is 1. The first-order valence-corrected chi connectivity index (χ1v) is 9.21. The van der Waals surface area contributed by atoms with Crippen LogP contribution in [0.4, 0.5) is 0 Å². The number of benzene rings is 2. The van der Waals surface area contributed by atoms with Gasteiger partial charge < -0.3 is 4.84 Å². The highest BCUT2D eigenvalue weighted by Gasteiger charge is 2.39. The molecule has 138 valence electrons. The Morgan fingerprint density at radius 3 is 2.36 bits per heavy atom. The Kier molecular flexibility index (Phi) is 3.70. The van der Waals surface area contributed by atoms with Gasteiger partial charge in [0.05, 0.1) is 22.2 Å². The van der Waals surface area contributed by atoms with Gasteiger partial charge in [-0.15, -0.1) is 0 Å². The average molecular weight is 393 g/mol. The third-order valence-corrected chi connectivity index (χ3v) is 5.17. The molecule has 0 unspecified atom stereocenters. The van der Waals surface area contributed by atoms with E-state index in [9.17, 15) is 14.4 Å². The van der Waals surface area contributed by atoms with Gasteiger partial charge in [-0.2, -0.15) is 0 Å². The number of imide groups is 1. The molecule has 1 saturated carbocycles. The Morgan fingerprint density at radius 1 is 1.04 bits per heavy atom. The number of carbonyl (C=O) groups is 3. The van der Waals surface area contributed by atoms with Crippen LogP contribution in [-0.2, 0) is 4.84 Å². The van der Waals surface area contributed by atoms with E-state index in [0.717, 1.165) is 18.5 Å². The standard InChI is InChI=1S/C21H13ClN2O4/c22-12-7-8-17-15(9-12)16(10-18(23-17)11-5-6-11)21(27)28-24-19(25)13-3-1-2-4-14(13)20(24)26/h1-4,7-11H,5-6H2. The van der Waals surface area contributed by atoms with Gasteiger partial charge in [0.15, 0.2) is 0 Å². The summed E-state index contributed by atoms with van der Waals surface area (Å²) in [6, 6.07) is 13.1. The Bertz CT molecular complexity index is 1150. The van der Waals surface area contributed by atoms with Crippen LogP contribution in [0.15, 0.2) is 48.5 Å². The second kappa shape index (κ2) is 6.14. The molecule has 0 spiro atoms. The molecular weight excluding hydrogens is 380 g/mol. The summed E-state index contributed by atoms with van der Waals surface area (Å²) in [5.41, 5.74) is 2.06. The molecule has 2 amide bonds. The minimum Gasteiger partial charge on any atom is -0.324 e. The van der Waals surface area contributed by atoms with E-state index < -0.39 is 17.8 Å². The van der Waals surface area contributed by atoms with Crippen molar-refractivity contribution >= 4 is 40.3 Å². The number of nitrogens with zero attached hydrogens (tertiary/aromatic N) is 2. The largest absolute Gasteiger partial charge is 0.364 e. The van der Waals surface area contributed by atoms with Crippen molar-refractivity contribution in [1.29, 1.82) is 0 Å². The van der Waals surface area contributed by atoms with Crippen LogP contribution in [0.25, 0.3) is 10.9 Å². The van der Waals surface area contributed by atoms with Gasteiger partial charge in [-0.25, -0.2) is 4.79 Å². The highest BCUT2D eigenvalue weighted by molar-refractivity contribution is 6.31. The lowest BCUT2D eigenvalue weighted by Crippen LogP contribution is -2.32. The second-order valence-electron chi connectivity index (χ2n) is 6.86. The molecular formula is C21H13ClN2O4. The number of halogens is 1. The van der Waals surface area contributed by atoms with Gasteiger partial charge in [0.1, 0.15) is 0 Å². The first-order chi connectivity index (χ1) is 13.5. The van der Waals surface area contributed by atoms with Crippen molar-refractivity contribution in [2.75, 3.05) is 0 Å². The topological polar surface area (TPSA) is 76.6 Å². The van der Waals surface area contributed by atoms with E-state index in [4.69, 9.17) is 16.4 Å². The predicted octanol–water partition coefficient (Wildman–Crippen LogP) is 4.13. The summed E-state index contributed by atoms with van der Waals surface area (Å²) < 4.78 is 0. The molecule has 2 aliphatic rings. The quantitative estimate of drug-likeness (QED) is 0.626. The van der Waals surface area contributed by atoms with E-state index in [1.807, 2.05) is 0 Å². The average Bonchev–Trinajstić information content (AvgIpc) is 3.52. The number of hydrogen-bond donors (Lipinski definition) is 0. The number of aromatic nitrogens is 1. The Labute approximate surface area is 164 Å². The zero-order chi connectivity index (χ0) is 19.4. The lowest BCUT2D eigenvalue weighted by molar-refractivity contribution is -0.0583. The van der Waals surface area contributed by atoms with E-state index >= 15 is 0 Å². The maximum absolute atomic E-state index is 12.9. The van der Waals surface area contributed by atoms with E-state index in [0.29, 0.717) is 26.9 Å². The van der Waals surface area contributed by atoms with Gasteiger partial charge >= 0.3 is 5.97 Å². The fourth-order valence-electron chi connectivity index (χ4n) is 3.36. The van der Waals surface area contributed by atoms with Crippen LogP contribution in [0.2, 0.25) is 5.02 Å². The minimum atomic E-state index is -0.800. The molecule has 2 heterocycles. The predicted molar refractivity (Wildman–Crippen MR) is 101 cm³/mol. The van der Waals surface area contributed by atoms with E-state index in [1.165, 1.54) is 12.1 Å². The fourth-order valence-corrected chi connectivity index (χ4v) is 3.53. The third kappa shape index (κ3) is 2.65. The first-order valence-electron chi connectivity index (χ1n) is 8.83. The molecule has 28 heavy (non-hydrogen) atoms. The molecule has 0 radical (unpaired) electrons. The summed E-state index contributed by atoms with van der Waals surface area (Å²) in [6.07, 6.45) is 2.03. The van der Waals surface area contributed by atoms with Crippen molar-refractivity contribution in [1.82, 2.24) is 10.0 Å². The molecule has 5 rings (SSSR count). The zero-order valence-corrected chi connectivity index (χ0v) is 15.3. The summed E-state index contributed by atoms with van der Waals surface area (Å²) in [5, 5.41) is 1.47. The molecule has 0 atom stereocenters. The summed E-state index contributed by atoms with van der Waals surface area (Å²) in [6.45, 7) is 0. The van der Waals surface area contributed by atoms with Crippen LogP contribution >= 0.6 is 11.6 Å². The fraction of sp³-hybridized carbons (Fsp3) is 0.143. The van der Waals surface area contributed by atoms with Crippen LogP contribution in [0.3, 0.4) is 0 Å². The molecule has 0 N–H and O–H groups in total. The van der Waals surface area contributed by atoms with Crippen molar-refractivity contribution < 1.29 is 19.2 Å². The Balaban J connectivity index is 1.54. The van der Waals surface area contributed by atoms with E-state index in [2.05, 4.69) is 4.98 Å². The van der Waals surface area contributed by atoms with Crippen LogP contribution in [0.1, 0.15) is 55.5 Å². The van der Waals surface area contributed by atoms with Crippen LogP contribution in [0, 0.1) is 0 Å². The minimum absolute atomic E-state index is 0.210. The highest BCUT2D eigenvalue weighted by atomic mass is 35.5. The maximum atomic E-state index is 12.9. The molecule has 1 aliphatic heterocycles. The van der Waals surface area contributed by atoms with Gasteiger partial charge in [0, 0.05) is 22.0 Å². The molecule has 2 aromatic carbocycles. The zero-order valence-electron chi connectivity index (χ0n) is 14.5. The van der Waals surface area contributed by atoms with Crippen LogP contribution < -0.4 is 0 Å².